The van der Waals surface area contributed by atoms with Gasteiger partial charge in [-0.2, -0.15) is 0 Å². The SMILES string of the molecule is c1ccc(-c2ccccc2-c2c3ccccc3c(-c3ccc(-c4c5oc6ccccc6c5cc5c4oc4cccc(-c6cccc(-c7cccc(-c8c9ccccc9c(-c9ccc(-c%10c%11oc%12ccccc%12c%11cc%11c%10oc%10ccccc%10%11)cc9)c9ccccc89)c7)c6)c45)cc3)c3ccccc23)cc1. The van der Waals surface area contributed by atoms with E-state index in [2.05, 4.69) is 322 Å². The molecule has 22 aromatic rings. The van der Waals surface area contributed by atoms with Gasteiger partial charge in [0.05, 0.1) is 11.1 Å². The number of benzene rings is 18. The van der Waals surface area contributed by atoms with Gasteiger partial charge in [-0.25, -0.2) is 0 Å². The largest absolute Gasteiger partial charge is 0.455 e. The normalized spacial score (nSPS) is 12.0. The van der Waals surface area contributed by atoms with Crippen molar-refractivity contribution in [3.63, 3.8) is 0 Å². The fourth-order valence-corrected chi connectivity index (χ4v) is 17.3. The maximum absolute atomic E-state index is 7.22. The number of hydrogen-bond donors (Lipinski definition) is 0. The van der Waals surface area contributed by atoms with Crippen molar-refractivity contribution in [2.75, 3.05) is 0 Å². The van der Waals surface area contributed by atoms with Crippen molar-refractivity contribution in [2.24, 2.45) is 0 Å². The summed E-state index contributed by atoms with van der Waals surface area (Å²) in [6, 6.07) is 127. The van der Waals surface area contributed by atoms with E-state index in [1.807, 2.05) is 30.3 Å². The third kappa shape index (κ3) is 8.79. The Labute approximate surface area is 596 Å². The summed E-state index contributed by atoms with van der Waals surface area (Å²) in [5, 5.41) is 18.1. The summed E-state index contributed by atoms with van der Waals surface area (Å²) in [5.41, 5.74) is 26.8. The molecule has 0 aliphatic carbocycles. The second kappa shape index (κ2) is 22.9. The lowest BCUT2D eigenvalue weighted by Crippen LogP contribution is -1.92. The third-order valence-electron chi connectivity index (χ3n) is 21.9. The standard InChI is InChI=1S/C100H58O4/c1-2-23-59(24-3-1)68-29-4-5-33-73(68)95-80-40-12-10-38-78(80)91(79-39-11-13-41-81(79)95)61-49-53-63(54-50-61)94-99-84(72-32-16-19-45-88(72)103-99)58-85-96-69(42-22-46-89(96)104-100(85)94)66-27-20-25-64(55-66)65-26-21-28-67(56-65)92-76-36-8-6-34-74(76)90(75-35-7-9-37-77(75)92)60-47-51-62(52-48-60)93-97-82(70-30-14-17-43-86(70)101-97)57-83-71-31-15-18-44-87(71)102-98(83)93/h1-58H. The summed E-state index contributed by atoms with van der Waals surface area (Å²) in [5.74, 6) is 0. The highest BCUT2D eigenvalue weighted by Gasteiger charge is 2.27. The Kier molecular flexibility index (Phi) is 12.8. The predicted molar refractivity (Wildman–Crippen MR) is 435 cm³/mol. The van der Waals surface area contributed by atoms with Crippen LogP contribution in [0.2, 0.25) is 0 Å². The average molecular weight is 1320 g/mol. The molecule has 104 heavy (non-hydrogen) atoms. The number of para-hydroxylation sites is 3. The monoisotopic (exact) mass is 1320 g/mol. The zero-order valence-corrected chi connectivity index (χ0v) is 56.1. The van der Waals surface area contributed by atoms with Crippen LogP contribution in [0, 0.1) is 0 Å². The fraction of sp³-hybridized carbons (Fsp3) is 0. The molecule has 0 saturated carbocycles. The van der Waals surface area contributed by atoms with Gasteiger partial charge in [-0.05, 0) is 181 Å². The van der Waals surface area contributed by atoms with E-state index in [1.54, 1.807) is 0 Å². The quantitative estimate of drug-likeness (QED) is 0.135. The molecule has 0 N–H and O–H groups in total. The minimum Gasteiger partial charge on any atom is -0.455 e. The lowest BCUT2D eigenvalue weighted by molar-refractivity contribution is 0.657. The lowest BCUT2D eigenvalue weighted by atomic mass is 9.83. The Balaban J connectivity index is 0.647. The van der Waals surface area contributed by atoms with Crippen LogP contribution in [0.1, 0.15) is 0 Å². The van der Waals surface area contributed by atoms with Gasteiger partial charge in [-0.15, -0.1) is 0 Å². The highest BCUT2D eigenvalue weighted by Crippen LogP contribution is 2.52. The molecule has 0 radical (unpaired) electrons. The number of fused-ring (bicyclic) bond motifs is 16. The van der Waals surface area contributed by atoms with Crippen molar-refractivity contribution >= 4 is 131 Å². The van der Waals surface area contributed by atoms with Crippen molar-refractivity contribution in [3.8, 4) is 100 Å². The Hall–Kier alpha value is -13.8. The number of rotatable bonds is 9. The van der Waals surface area contributed by atoms with Crippen molar-refractivity contribution < 1.29 is 17.7 Å². The minimum absolute atomic E-state index is 0.789. The smallest absolute Gasteiger partial charge is 0.147 e. The fourth-order valence-electron chi connectivity index (χ4n) is 17.3. The molecule has 0 bridgehead atoms. The van der Waals surface area contributed by atoms with Gasteiger partial charge in [0.15, 0.2) is 0 Å². The molecule has 0 amide bonds. The van der Waals surface area contributed by atoms with E-state index < -0.39 is 0 Å². The predicted octanol–water partition coefficient (Wildman–Crippen LogP) is 28.9. The molecule has 18 aromatic carbocycles. The molecule has 0 unspecified atom stereocenters. The average Bonchev–Trinajstić information content (AvgIpc) is 1.09. The highest BCUT2D eigenvalue weighted by molar-refractivity contribution is 6.28. The molecule has 0 aliphatic rings. The lowest BCUT2D eigenvalue weighted by Gasteiger charge is -2.19. The van der Waals surface area contributed by atoms with Gasteiger partial charge in [0.2, 0.25) is 0 Å². The third-order valence-corrected chi connectivity index (χ3v) is 21.9. The molecule has 4 heteroatoms. The van der Waals surface area contributed by atoms with Crippen molar-refractivity contribution in [3.05, 3.63) is 352 Å². The summed E-state index contributed by atoms with van der Waals surface area (Å²) in [7, 11) is 0. The summed E-state index contributed by atoms with van der Waals surface area (Å²) < 4.78 is 27.6. The first kappa shape index (κ1) is 58.0. The van der Waals surface area contributed by atoms with E-state index in [-0.39, 0.29) is 0 Å². The van der Waals surface area contributed by atoms with Gasteiger partial charge in [0.1, 0.15) is 44.7 Å². The van der Waals surface area contributed by atoms with Crippen LogP contribution >= 0.6 is 0 Å². The van der Waals surface area contributed by atoms with Gasteiger partial charge in [0.25, 0.3) is 0 Å². The van der Waals surface area contributed by atoms with Crippen molar-refractivity contribution in [1.82, 2.24) is 0 Å². The van der Waals surface area contributed by atoms with Gasteiger partial charge < -0.3 is 17.7 Å². The maximum atomic E-state index is 7.22. The second-order valence-electron chi connectivity index (χ2n) is 27.5. The maximum Gasteiger partial charge on any atom is 0.147 e. The number of hydrogen-bond acceptors (Lipinski definition) is 4. The van der Waals surface area contributed by atoms with Crippen LogP contribution in [0.15, 0.2) is 370 Å². The Morgan fingerprint density at radius 3 is 0.885 bits per heavy atom. The Morgan fingerprint density at radius 2 is 0.423 bits per heavy atom. The van der Waals surface area contributed by atoms with Crippen LogP contribution < -0.4 is 0 Å². The molecule has 0 fully saturated rings. The van der Waals surface area contributed by atoms with Crippen molar-refractivity contribution in [1.29, 1.82) is 0 Å². The molecular formula is C100H58O4. The molecule has 4 aromatic heterocycles. The van der Waals surface area contributed by atoms with E-state index in [9.17, 15) is 0 Å². The molecule has 22 rings (SSSR count). The number of furan rings is 4. The van der Waals surface area contributed by atoms with Gasteiger partial charge >= 0.3 is 0 Å². The highest BCUT2D eigenvalue weighted by atomic mass is 16.4. The van der Waals surface area contributed by atoms with E-state index in [0.29, 0.717) is 0 Å². The second-order valence-corrected chi connectivity index (χ2v) is 27.5. The van der Waals surface area contributed by atoms with Gasteiger partial charge in [0, 0.05) is 43.1 Å². The molecule has 0 aliphatic heterocycles. The molecule has 0 spiro atoms. The van der Waals surface area contributed by atoms with Crippen LogP contribution in [0.25, 0.3) is 231 Å². The van der Waals surface area contributed by atoms with Crippen LogP contribution in [0.4, 0.5) is 0 Å². The Bertz CT molecular complexity index is 7120. The summed E-state index contributed by atoms with van der Waals surface area (Å²) >= 11 is 0. The molecule has 4 heterocycles. The van der Waals surface area contributed by atoms with Crippen LogP contribution in [0.3, 0.4) is 0 Å². The van der Waals surface area contributed by atoms with Gasteiger partial charge in [-0.1, -0.05) is 303 Å². The first-order valence-electron chi connectivity index (χ1n) is 35.6. The molecule has 0 saturated heterocycles. The molecular weight excluding hydrogens is 1270 g/mol. The van der Waals surface area contributed by atoms with E-state index in [1.165, 1.54) is 82.0 Å². The van der Waals surface area contributed by atoms with Crippen LogP contribution in [-0.2, 0) is 0 Å². The summed E-state index contributed by atoms with van der Waals surface area (Å²) in [6.07, 6.45) is 0. The summed E-state index contributed by atoms with van der Waals surface area (Å²) in [4.78, 5) is 0. The summed E-state index contributed by atoms with van der Waals surface area (Å²) in [6.45, 7) is 0. The zero-order valence-electron chi connectivity index (χ0n) is 56.1. The Morgan fingerprint density at radius 1 is 0.135 bits per heavy atom. The van der Waals surface area contributed by atoms with Crippen molar-refractivity contribution in [2.45, 2.75) is 0 Å². The first-order valence-corrected chi connectivity index (χ1v) is 35.6. The van der Waals surface area contributed by atoms with Gasteiger partial charge in [-0.3, -0.25) is 0 Å². The van der Waals surface area contributed by atoms with E-state index >= 15 is 0 Å². The molecule has 4 nitrogen and oxygen atoms in total. The van der Waals surface area contributed by atoms with Crippen LogP contribution in [-0.4, -0.2) is 0 Å². The topological polar surface area (TPSA) is 52.6 Å². The molecule has 482 valence electrons. The van der Waals surface area contributed by atoms with E-state index in [0.717, 1.165) is 149 Å². The molecule has 0 atom stereocenters. The minimum atomic E-state index is 0.789. The zero-order chi connectivity index (χ0) is 68.1. The van der Waals surface area contributed by atoms with E-state index in [4.69, 9.17) is 17.7 Å². The first-order chi connectivity index (χ1) is 51.6. The van der Waals surface area contributed by atoms with Crippen LogP contribution in [0.5, 0.6) is 0 Å².